The number of aromatic nitrogens is 2. The summed E-state index contributed by atoms with van der Waals surface area (Å²) in [7, 11) is 1.67. The number of nitrogens with zero attached hydrogens (tertiary/aromatic N) is 2. The highest BCUT2D eigenvalue weighted by molar-refractivity contribution is 6.27. The third-order valence-corrected chi connectivity index (χ3v) is 3.99. The van der Waals surface area contributed by atoms with Crippen molar-refractivity contribution in [2.45, 2.75) is 13.1 Å². The Kier molecular flexibility index (Phi) is 8.52. The van der Waals surface area contributed by atoms with Crippen molar-refractivity contribution < 1.29 is 28.9 Å². The number of carbonyl (C=O) groups is 2. The molecule has 30 heavy (non-hydrogen) atoms. The molecule has 8 nitrogen and oxygen atoms in total. The highest BCUT2D eigenvalue weighted by Crippen LogP contribution is 2.24. The maximum atomic E-state index is 13.2. The molecule has 0 saturated heterocycles. The van der Waals surface area contributed by atoms with E-state index in [1.165, 1.54) is 17.7 Å². The summed E-state index contributed by atoms with van der Waals surface area (Å²) in [6.07, 6.45) is 1.80. The van der Waals surface area contributed by atoms with Crippen LogP contribution in [-0.4, -0.2) is 45.4 Å². The summed E-state index contributed by atoms with van der Waals surface area (Å²) in [6.45, 7) is 1.93. The van der Waals surface area contributed by atoms with Crippen LogP contribution >= 0.6 is 0 Å². The van der Waals surface area contributed by atoms with E-state index in [0.717, 1.165) is 17.2 Å². The summed E-state index contributed by atoms with van der Waals surface area (Å²) in [5.74, 6) is -3.12. The van der Waals surface area contributed by atoms with E-state index in [-0.39, 0.29) is 5.82 Å². The zero-order valence-corrected chi connectivity index (χ0v) is 16.3. The minimum atomic E-state index is -1.82. The molecule has 0 aliphatic heterocycles. The molecule has 3 aromatic rings. The number of benzene rings is 2. The van der Waals surface area contributed by atoms with Crippen molar-refractivity contribution in [2.75, 3.05) is 19.0 Å². The minimum Gasteiger partial charge on any atom is -0.473 e. The van der Waals surface area contributed by atoms with Crippen molar-refractivity contribution in [1.82, 2.24) is 9.55 Å². The molecule has 0 unspecified atom stereocenters. The molecule has 0 saturated carbocycles. The van der Waals surface area contributed by atoms with Crippen molar-refractivity contribution in [3.05, 3.63) is 72.2 Å². The Balaban J connectivity index is 0.000000469. The fourth-order valence-corrected chi connectivity index (χ4v) is 2.55. The van der Waals surface area contributed by atoms with Crippen molar-refractivity contribution >= 4 is 17.9 Å². The Labute approximate surface area is 172 Å². The predicted molar refractivity (Wildman–Crippen MR) is 109 cm³/mol. The maximum absolute atomic E-state index is 13.2. The number of carboxylic acids is 2. The van der Waals surface area contributed by atoms with Gasteiger partial charge in [0.15, 0.2) is 0 Å². The van der Waals surface area contributed by atoms with Gasteiger partial charge in [-0.25, -0.2) is 19.0 Å². The lowest BCUT2D eigenvalue weighted by molar-refractivity contribution is -0.159. The van der Waals surface area contributed by atoms with E-state index in [1.807, 2.05) is 18.2 Å². The van der Waals surface area contributed by atoms with Gasteiger partial charge in [0.1, 0.15) is 5.82 Å². The van der Waals surface area contributed by atoms with Gasteiger partial charge >= 0.3 is 11.9 Å². The van der Waals surface area contributed by atoms with E-state index in [9.17, 15) is 4.39 Å². The van der Waals surface area contributed by atoms with Gasteiger partial charge in [0.2, 0.25) is 5.95 Å². The van der Waals surface area contributed by atoms with Crippen LogP contribution in [0.3, 0.4) is 0 Å². The number of rotatable bonds is 7. The molecule has 0 radical (unpaired) electrons. The third kappa shape index (κ3) is 6.71. The molecular weight excluding hydrogens is 393 g/mol. The van der Waals surface area contributed by atoms with Crippen molar-refractivity contribution in [3.8, 4) is 11.3 Å². The Hall–Kier alpha value is -3.72. The zero-order chi connectivity index (χ0) is 21.9. The van der Waals surface area contributed by atoms with Crippen LogP contribution < -0.4 is 5.32 Å². The lowest BCUT2D eigenvalue weighted by Gasteiger charge is -2.13. The Bertz CT molecular complexity index is 947. The van der Waals surface area contributed by atoms with Crippen LogP contribution in [0, 0.1) is 5.82 Å². The van der Waals surface area contributed by atoms with Crippen LogP contribution in [0.2, 0.25) is 0 Å². The number of methoxy groups -OCH3 is 1. The average Bonchev–Trinajstić information content (AvgIpc) is 3.15. The van der Waals surface area contributed by atoms with Gasteiger partial charge in [0.05, 0.1) is 18.5 Å². The summed E-state index contributed by atoms with van der Waals surface area (Å²) in [6, 6.07) is 16.6. The second kappa shape index (κ2) is 11.3. The number of hydrogen-bond donors (Lipinski definition) is 3. The van der Waals surface area contributed by atoms with E-state index in [1.54, 1.807) is 25.4 Å². The highest BCUT2D eigenvalue weighted by atomic mass is 19.1. The van der Waals surface area contributed by atoms with Crippen LogP contribution in [0.4, 0.5) is 10.3 Å². The van der Waals surface area contributed by atoms with E-state index in [2.05, 4.69) is 27.0 Å². The molecule has 0 aliphatic rings. The van der Waals surface area contributed by atoms with E-state index in [0.29, 0.717) is 19.7 Å². The molecule has 0 spiro atoms. The summed E-state index contributed by atoms with van der Waals surface area (Å²) in [4.78, 5) is 22.7. The van der Waals surface area contributed by atoms with Gasteiger partial charge in [-0.3, -0.25) is 0 Å². The van der Waals surface area contributed by atoms with Gasteiger partial charge in [0, 0.05) is 25.8 Å². The Morgan fingerprint density at radius 2 is 1.70 bits per heavy atom. The number of halogens is 1. The van der Waals surface area contributed by atoms with Gasteiger partial charge in [-0.05, 0) is 29.8 Å². The second-order valence-electron chi connectivity index (χ2n) is 6.07. The highest BCUT2D eigenvalue weighted by Gasteiger charge is 2.11. The third-order valence-electron chi connectivity index (χ3n) is 3.99. The van der Waals surface area contributed by atoms with E-state index < -0.39 is 11.9 Å². The second-order valence-corrected chi connectivity index (χ2v) is 6.07. The largest absolute Gasteiger partial charge is 0.473 e. The summed E-state index contributed by atoms with van der Waals surface area (Å²) < 4.78 is 20.4. The van der Waals surface area contributed by atoms with Gasteiger partial charge in [-0.2, -0.15) is 0 Å². The van der Waals surface area contributed by atoms with Crippen LogP contribution in [0.5, 0.6) is 0 Å². The molecule has 0 fully saturated rings. The minimum absolute atomic E-state index is 0.246. The molecule has 1 heterocycles. The number of nitrogens with one attached hydrogen (secondary N) is 1. The molecule has 158 valence electrons. The fourth-order valence-electron chi connectivity index (χ4n) is 2.55. The van der Waals surface area contributed by atoms with Crippen LogP contribution in [0.15, 0.2) is 60.8 Å². The number of hydrogen-bond acceptors (Lipinski definition) is 5. The maximum Gasteiger partial charge on any atom is 0.414 e. The van der Waals surface area contributed by atoms with E-state index in [4.69, 9.17) is 24.5 Å². The molecular formula is C21H22FN3O5. The van der Waals surface area contributed by atoms with Gasteiger partial charge in [0.25, 0.3) is 0 Å². The van der Waals surface area contributed by atoms with Crippen LogP contribution in [0.25, 0.3) is 11.3 Å². The first-order valence-electron chi connectivity index (χ1n) is 8.96. The van der Waals surface area contributed by atoms with Crippen LogP contribution in [-0.2, 0) is 27.4 Å². The zero-order valence-electron chi connectivity index (χ0n) is 16.3. The molecule has 3 rings (SSSR count). The lowest BCUT2D eigenvalue weighted by atomic mass is 10.1. The lowest BCUT2D eigenvalue weighted by Crippen LogP contribution is -2.11. The normalized spacial score (nSPS) is 10.1. The molecule has 3 N–H and O–H groups in total. The molecule has 0 aliphatic carbocycles. The quantitative estimate of drug-likeness (QED) is 0.508. The average molecular weight is 415 g/mol. The molecule has 0 atom stereocenters. The van der Waals surface area contributed by atoms with Crippen molar-refractivity contribution in [3.63, 3.8) is 0 Å². The topological polar surface area (TPSA) is 114 Å². The monoisotopic (exact) mass is 415 g/mol. The number of aliphatic carboxylic acids is 2. The fraction of sp³-hybridized carbons (Fsp3) is 0.190. The molecule has 0 bridgehead atoms. The first-order chi connectivity index (χ1) is 14.4. The first kappa shape index (κ1) is 22.6. The van der Waals surface area contributed by atoms with Gasteiger partial charge < -0.3 is 24.8 Å². The Morgan fingerprint density at radius 3 is 2.27 bits per heavy atom. The number of imidazole rings is 1. The van der Waals surface area contributed by atoms with Gasteiger partial charge in [-0.15, -0.1) is 0 Å². The summed E-state index contributed by atoms with van der Waals surface area (Å²) in [5, 5.41) is 18.1. The SMILES string of the molecule is COCCn1c(-c2ccc(F)cc2)cnc1NCc1ccccc1.O=C(O)C(=O)O. The standard InChI is InChI=1S/C19H20FN3O.C2H2O4/c1-24-12-11-23-18(16-7-9-17(20)10-8-16)14-22-19(23)21-13-15-5-3-2-4-6-15;3-1(4)2(5)6/h2-10,14H,11-13H2,1H3,(H,21,22);(H,3,4)(H,5,6). The number of anilines is 1. The van der Waals surface area contributed by atoms with Crippen molar-refractivity contribution in [1.29, 1.82) is 0 Å². The van der Waals surface area contributed by atoms with E-state index >= 15 is 0 Å². The van der Waals surface area contributed by atoms with Crippen LogP contribution in [0.1, 0.15) is 5.56 Å². The number of ether oxygens (including phenoxy) is 1. The predicted octanol–water partition coefficient (Wildman–Crippen LogP) is 3.10. The number of carboxylic acid groups (broad SMARTS) is 2. The van der Waals surface area contributed by atoms with Crippen molar-refractivity contribution in [2.24, 2.45) is 0 Å². The molecule has 1 aromatic heterocycles. The molecule has 2 aromatic carbocycles. The molecule has 0 amide bonds. The van der Waals surface area contributed by atoms with Gasteiger partial charge in [-0.1, -0.05) is 30.3 Å². The summed E-state index contributed by atoms with van der Waals surface area (Å²) >= 11 is 0. The smallest absolute Gasteiger partial charge is 0.414 e. The Morgan fingerprint density at radius 1 is 1.07 bits per heavy atom. The first-order valence-corrected chi connectivity index (χ1v) is 8.96. The molecule has 9 heteroatoms. The summed E-state index contributed by atoms with van der Waals surface area (Å²) in [5.41, 5.74) is 3.04.